The van der Waals surface area contributed by atoms with Gasteiger partial charge in [-0.25, -0.2) is 0 Å². The molecule has 3 heteroatoms. The van der Waals surface area contributed by atoms with E-state index >= 15 is 0 Å². The summed E-state index contributed by atoms with van der Waals surface area (Å²) >= 11 is 9.54. The van der Waals surface area contributed by atoms with Crippen LogP contribution in [-0.2, 0) is 6.42 Å². The molecule has 0 aliphatic rings. The Morgan fingerprint density at radius 3 is 2.63 bits per heavy atom. The molecule has 0 saturated carbocycles. The maximum absolute atomic E-state index is 6.02. The first-order valence-electron chi connectivity index (χ1n) is 6.28. The molecule has 0 saturated heterocycles. The second kappa shape index (κ2) is 6.56. The molecule has 0 fully saturated rings. The number of hydrogen-bond donors (Lipinski definition) is 1. The van der Waals surface area contributed by atoms with Crippen molar-refractivity contribution >= 4 is 27.5 Å². The third-order valence-electron chi connectivity index (χ3n) is 3.28. The second-order valence-electron chi connectivity index (χ2n) is 4.68. The number of halogens is 2. The van der Waals surface area contributed by atoms with Gasteiger partial charge in [0.15, 0.2) is 0 Å². The van der Waals surface area contributed by atoms with Crippen molar-refractivity contribution in [3.63, 3.8) is 0 Å². The lowest BCUT2D eigenvalue weighted by Gasteiger charge is -2.19. The summed E-state index contributed by atoms with van der Waals surface area (Å²) in [6.07, 6.45) is 0.957. The minimum Gasteiger partial charge on any atom is -0.313 e. The standard InChI is InChI=1S/C16H17BrClN/c1-11-8-14(18)6-7-15(11)16(19-2)10-12-4-3-5-13(17)9-12/h3-9,16,19H,10H2,1-2H3. The third-order valence-corrected chi connectivity index (χ3v) is 4.01. The SMILES string of the molecule is CNC(Cc1cccc(Br)c1)c1ccc(Cl)cc1C. The van der Waals surface area contributed by atoms with Gasteiger partial charge in [-0.2, -0.15) is 0 Å². The molecular formula is C16H17BrClN. The molecule has 1 N–H and O–H groups in total. The van der Waals surface area contributed by atoms with E-state index in [0.717, 1.165) is 15.9 Å². The maximum atomic E-state index is 6.02. The summed E-state index contributed by atoms with van der Waals surface area (Å²) in [5, 5.41) is 4.18. The lowest BCUT2D eigenvalue weighted by atomic mass is 9.95. The fraction of sp³-hybridized carbons (Fsp3) is 0.250. The van der Waals surface area contributed by atoms with Crippen LogP contribution >= 0.6 is 27.5 Å². The molecule has 100 valence electrons. The summed E-state index contributed by atoms with van der Waals surface area (Å²) in [7, 11) is 2.00. The van der Waals surface area contributed by atoms with E-state index in [9.17, 15) is 0 Å². The summed E-state index contributed by atoms with van der Waals surface area (Å²) in [5.41, 5.74) is 3.83. The average molecular weight is 339 g/mol. The third kappa shape index (κ3) is 3.82. The first-order valence-corrected chi connectivity index (χ1v) is 7.45. The van der Waals surface area contributed by atoms with E-state index in [4.69, 9.17) is 11.6 Å². The Kier molecular flexibility index (Phi) is 5.03. The van der Waals surface area contributed by atoms with Gasteiger partial charge in [0, 0.05) is 15.5 Å². The molecular weight excluding hydrogens is 322 g/mol. The molecule has 0 aliphatic heterocycles. The number of hydrogen-bond acceptors (Lipinski definition) is 1. The van der Waals surface area contributed by atoms with Crippen LogP contribution in [0.5, 0.6) is 0 Å². The average Bonchev–Trinajstić information content (AvgIpc) is 2.37. The van der Waals surface area contributed by atoms with Gasteiger partial charge in [-0.1, -0.05) is 45.7 Å². The molecule has 0 radical (unpaired) electrons. The largest absolute Gasteiger partial charge is 0.313 e. The molecule has 2 aromatic carbocycles. The zero-order chi connectivity index (χ0) is 13.8. The molecule has 0 aromatic heterocycles. The number of aryl methyl sites for hydroxylation is 1. The van der Waals surface area contributed by atoms with Gasteiger partial charge in [-0.05, 0) is 61.3 Å². The zero-order valence-electron chi connectivity index (χ0n) is 11.1. The van der Waals surface area contributed by atoms with Crippen LogP contribution in [0.15, 0.2) is 46.9 Å². The van der Waals surface area contributed by atoms with Gasteiger partial charge in [-0.15, -0.1) is 0 Å². The van der Waals surface area contributed by atoms with Gasteiger partial charge in [0.2, 0.25) is 0 Å². The van der Waals surface area contributed by atoms with Crippen LogP contribution in [-0.4, -0.2) is 7.05 Å². The Morgan fingerprint density at radius 1 is 1.21 bits per heavy atom. The monoisotopic (exact) mass is 337 g/mol. The summed E-state index contributed by atoms with van der Waals surface area (Å²) in [6.45, 7) is 2.10. The van der Waals surface area contributed by atoms with Crippen molar-refractivity contribution in [2.45, 2.75) is 19.4 Å². The Hall–Kier alpha value is -0.830. The van der Waals surface area contributed by atoms with Crippen molar-refractivity contribution in [1.29, 1.82) is 0 Å². The highest BCUT2D eigenvalue weighted by Gasteiger charge is 2.12. The smallest absolute Gasteiger partial charge is 0.0408 e. The van der Waals surface area contributed by atoms with Gasteiger partial charge < -0.3 is 5.32 Å². The Labute approximate surface area is 128 Å². The van der Waals surface area contributed by atoms with Crippen LogP contribution in [0.25, 0.3) is 0 Å². The van der Waals surface area contributed by atoms with Gasteiger partial charge in [0.05, 0.1) is 0 Å². The quantitative estimate of drug-likeness (QED) is 0.835. The number of nitrogens with one attached hydrogen (secondary N) is 1. The normalized spacial score (nSPS) is 12.4. The van der Waals surface area contributed by atoms with E-state index in [1.165, 1.54) is 16.7 Å². The van der Waals surface area contributed by atoms with E-state index in [1.54, 1.807) is 0 Å². The van der Waals surface area contributed by atoms with Crippen LogP contribution in [0.1, 0.15) is 22.7 Å². The van der Waals surface area contributed by atoms with Crippen molar-refractivity contribution in [3.8, 4) is 0 Å². The molecule has 0 amide bonds. The van der Waals surface area contributed by atoms with Crippen molar-refractivity contribution in [1.82, 2.24) is 5.32 Å². The van der Waals surface area contributed by atoms with Crippen LogP contribution < -0.4 is 5.32 Å². The van der Waals surface area contributed by atoms with Crippen LogP contribution in [0, 0.1) is 6.92 Å². The molecule has 0 bridgehead atoms. The number of rotatable bonds is 4. The van der Waals surface area contributed by atoms with Crippen LogP contribution in [0.4, 0.5) is 0 Å². The topological polar surface area (TPSA) is 12.0 Å². The fourth-order valence-electron chi connectivity index (χ4n) is 2.30. The summed E-state index contributed by atoms with van der Waals surface area (Å²) in [4.78, 5) is 0. The summed E-state index contributed by atoms with van der Waals surface area (Å²) in [5.74, 6) is 0. The number of likely N-dealkylation sites (N-methyl/N-ethyl adjacent to an activating group) is 1. The highest BCUT2D eigenvalue weighted by molar-refractivity contribution is 9.10. The molecule has 2 aromatic rings. The molecule has 0 aliphatic carbocycles. The fourth-order valence-corrected chi connectivity index (χ4v) is 2.97. The Bertz CT molecular complexity index is 568. The molecule has 0 spiro atoms. The number of benzene rings is 2. The first kappa shape index (κ1) is 14.6. The zero-order valence-corrected chi connectivity index (χ0v) is 13.4. The molecule has 2 rings (SSSR count). The second-order valence-corrected chi connectivity index (χ2v) is 6.03. The van der Waals surface area contributed by atoms with Crippen LogP contribution in [0.3, 0.4) is 0 Å². The molecule has 1 atom stereocenters. The molecule has 1 unspecified atom stereocenters. The van der Waals surface area contributed by atoms with Crippen LogP contribution in [0.2, 0.25) is 5.02 Å². The molecule has 19 heavy (non-hydrogen) atoms. The van der Waals surface area contributed by atoms with E-state index in [2.05, 4.69) is 52.4 Å². The maximum Gasteiger partial charge on any atom is 0.0408 e. The van der Waals surface area contributed by atoms with Gasteiger partial charge >= 0.3 is 0 Å². The lowest BCUT2D eigenvalue weighted by Crippen LogP contribution is -2.19. The lowest BCUT2D eigenvalue weighted by molar-refractivity contribution is 0.589. The predicted octanol–water partition coefficient (Wildman–Crippen LogP) is 4.91. The molecule has 1 nitrogen and oxygen atoms in total. The van der Waals surface area contributed by atoms with E-state index in [0.29, 0.717) is 6.04 Å². The predicted molar refractivity (Wildman–Crippen MR) is 85.8 cm³/mol. The van der Waals surface area contributed by atoms with E-state index in [-0.39, 0.29) is 0 Å². The summed E-state index contributed by atoms with van der Waals surface area (Å²) < 4.78 is 1.12. The van der Waals surface area contributed by atoms with E-state index in [1.807, 2.05) is 25.2 Å². The van der Waals surface area contributed by atoms with Gasteiger partial charge in [0.1, 0.15) is 0 Å². The summed E-state index contributed by atoms with van der Waals surface area (Å²) in [6, 6.07) is 14.8. The van der Waals surface area contributed by atoms with Crippen molar-refractivity contribution in [2.75, 3.05) is 7.05 Å². The van der Waals surface area contributed by atoms with Crippen molar-refractivity contribution in [2.24, 2.45) is 0 Å². The minimum absolute atomic E-state index is 0.298. The Morgan fingerprint density at radius 2 is 2.00 bits per heavy atom. The molecule has 0 heterocycles. The first-order chi connectivity index (χ1) is 9.10. The highest BCUT2D eigenvalue weighted by Crippen LogP contribution is 2.25. The highest BCUT2D eigenvalue weighted by atomic mass is 79.9. The Balaban J connectivity index is 2.25. The van der Waals surface area contributed by atoms with E-state index < -0.39 is 0 Å². The van der Waals surface area contributed by atoms with Gasteiger partial charge in [0.25, 0.3) is 0 Å². The van der Waals surface area contributed by atoms with Crippen molar-refractivity contribution in [3.05, 3.63) is 68.7 Å². The minimum atomic E-state index is 0.298. The van der Waals surface area contributed by atoms with Crippen molar-refractivity contribution < 1.29 is 0 Å². The van der Waals surface area contributed by atoms with Gasteiger partial charge in [-0.3, -0.25) is 0 Å².